The number of anilines is 1. The fourth-order valence-corrected chi connectivity index (χ4v) is 4.31. The summed E-state index contributed by atoms with van der Waals surface area (Å²) in [5.41, 5.74) is 3.72. The Labute approximate surface area is 201 Å². The van der Waals surface area contributed by atoms with Crippen molar-refractivity contribution in [3.05, 3.63) is 100 Å². The Morgan fingerprint density at radius 3 is 2.69 bits per heavy atom. The van der Waals surface area contributed by atoms with Gasteiger partial charge in [0.05, 0.1) is 24.2 Å². The lowest BCUT2D eigenvalue weighted by Crippen LogP contribution is -2.26. The highest BCUT2D eigenvalue weighted by molar-refractivity contribution is 5.99. The third kappa shape index (κ3) is 4.71. The molecule has 176 valence electrons. The van der Waals surface area contributed by atoms with Gasteiger partial charge in [-0.3, -0.25) is 14.8 Å². The predicted molar refractivity (Wildman–Crippen MR) is 136 cm³/mol. The lowest BCUT2D eigenvalue weighted by Gasteiger charge is -2.10. The number of carbonyl (C=O) groups is 1. The van der Waals surface area contributed by atoms with E-state index in [-0.39, 0.29) is 18.3 Å². The smallest absolute Gasteiger partial charge is 0.325 e. The van der Waals surface area contributed by atoms with Crippen molar-refractivity contribution >= 4 is 34.1 Å². The summed E-state index contributed by atoms with van der Waals surface area (Å²) in [5, 5.41) is 5.78. The number of halogens is 1. The average Bonchev–Trinajstić information content (AvgIpc) is 3.11. The molecule has 2 heterocycles. The van der Waals surface area contributed by atoms with Crippen LogP contribution in [0.3, 0.4) is 0 Å². The lowest BCUT2D eigenvalue weighted by atomic mass is 10.1. The van der Waals surface area contributed by atoms with Gasteiger partial charge >= 0.3 is 5.97 Å². The maximum absolute atomic E-state index is 14.8. The number of H-pyrrole nitrogens is 1. The van der Waals surface area contributed by atoms with Crippen molar-refractivity contribution in [1.29, 1.82) is 0 Å². The molecule has 0 saturated heterocycles. The van der Waals surface area contributed by atoms with Crippen LogP contribution in [0, 0.1) is 5.82 Å². The second-order valence-electron chi connectivity index (χ2n) is 8.20. The number of aromatic nitrogens is 1. The van der Waals surface area contributed by atoms with Gasteiger partial charge in [-0.15, -0.1) is 0 Å². The van der Waals surface area contributed by atoms with Gasteiger partial charge in [0.2, 0.25) is 0 Å². The number of esters is 1. The molecule has 3 aromatic carbocycles. The van der Waals surface area contributed by atoms with E-state index in [9.17, 15) is 9.18 Å². The Kier molecular flexibility index (Phi) is 6.39. The van der Waals surface area contributed by atoms with E-state index in [0.717, 1.165) is 38.6 Å². The van der Waals surface area contributed by atoms with Crippen molar-refractivity contribution in [2.45, 2.75) is 13.3 Å². The van der Waals surface area contributed by atoms with Gasteiger partial charge in [-0.1, -0.05) is 48.5 Å². The van der Waals surface area contributed by atoms with Crippen molar-refractivity contribution in [2.75, 3.05) is 25.0 Å². The standard InChI is InChI=1S/C28H25FN4O2/c1-2-35-26(34)17-31-28-22(19-9-4-8-14-25(19)33-28)15-18-16-30-24-13-7-5-11-21(24)27(32-18)20-10-3-6-12-23(20)29/h3-14,31,33H,2,15-17H2,1H3. The van der Waals surface area contributed by atoms with Gasteiger partial charge in [-0.05, 0) is 31.2 Å². The summed E-state index contributed by atoms with van der Waals surface area (Å²) < 4.78 is 19.9. The van der Waals surface area contributed by atoms with E-state index >= 15 is 0 Å². The van der Waals surface area contributed by atoms with Crippen molar-refractivity contribution in [3.63, 3.8) is 0 Å². The molecule has 6 nitrogen and oxygen atoms in total. The summed E-state index contributed by atoms with van der Waals surface area (Å²) in [7, 11) is 0. The normalized spacial score (nSPS) is 13.0. The van der Waals surface area contributed by atoms with Crippen LogP contribution in [-0.4, -0.2) is 36.4 Å². The van der Waals surface area contributed by atoms with Crippen molar-refractivity contribution in [3.8, 4) is 0 Å². The van der Waals surface area contributed by atoms with E-state index in [0.29, 0.717) is 30.8 Å². The van der Waals surface area contributed by atoms with Gasteiger partial charge in [0, 0.05) is 39.4 Å². The quantitative estimate of drug-likeness (QED) is 0.406. The van der Waals surface area contributed by atoms with Gasteiger partial charge < -0.3 is 15.0 Å². The van der Waals surface area contributed by atoms with Gasteiger partial charge in [-0.2, -0.15) is 0 Å². The number of hydrogen-bond acceptors (Lipinski definition) is 5. The zero-order valence-corrected chi connectivity index (χ0v) is 19.3. The van der Waals surface area contributed by atoms with E-state index in [2.05, 4.69) is 10.3 Å². The molecule has 2 N–H and O–H groups in total. The lowest BCUT2D eigenvalue weighted by molar-refractivity contribution is -0.140. The minimum absolute atomic E-state index is 0.0442. The molecule has 7 heteroatoms. The number of aromatic amines is 1. The first kappa shape index (κ1) is 22.5. The molecular formula is C28H25FN4O2. The second kappa shape index (κ2) is 9.93. The number of ether oxygens (including phenoxy) is 1. The summed E-state index contributed by atoms with van der Waals surface area (Å²) >= 11 is 0. The Hall–Kier alpha value is -4.26. The number of aliphatic imine (C=N–C) groups is 1. The van der Waals surface area contributed by atoms with Crippen LogP contribution >= 0.6 is 0 Å². The van der Waals surface area contributed by atoms with Crippen molar-refractivity contribution in [2.24, 2.45) is 9.98 Å². The van der Waals surface area contributed by atoms with Crippen LogP contribution in [0.1, 0.15) is 18.1 Å². The molecular weight excluding hydrogens is 443 g/mol. The molecule has 0 fully saturated rings. The third-order valence-electron chi connectivity index (χ3n) is 5.90. The first-order valence-electron chi connectivity index (χ1n) is 11.6. The summed E-state index contributed by atoms with van der Waals surface area (Å²) in [5.74, 6) is 0.0758. The predicted octanol–water partition coefficient (Wildman–Crippen LogP) is 3.76. The molecule has 0 spiro atoms. The Morgan fingerprint density at radius 2 is 1.83 bits per heavy atom. The molecule has 4 aromatic rings. The van der Waals surface area contributed by atoms with E-state index in [4.69, 9.17) is 14.7 Å². The molecule has 0 amide bonds. The molecule has 5 rings (SSSR count). The highest BCUT2D eigenvalue weighted by Gasteiger charge is 2.18. The Morgan fingerprint density at radius 1 is 1.06 bits per heavy atom. The molecule has 0 atom stereocenters. The van der Waals surface area contributed by atoms with Gasteiger partial charge in [-0.25, -0.2) is 4.39 Å². The highest BCUT2D eigenvalue weighted by atomic mass is 19.1. The number of para-hydroxylation sites is 2. The second-order valence-corrected chi connectivity index (χ2v) is 8.20. The SMILES string of the molecule is CCOC(=O)CNc1[nH]c2ccccc2c1CC1=NC(c2ccccc2F)=c2ccccc2=NC1. The largest absolute Gasteiger partial charge is 0.465 e. The highest BCUT2D eigenvalue weighted by Crippen LogP contribution is 2.28. The molecule has 1 aliphatic heterocycles. The van der Waals surface area contributed by atoms with E-state index in [1.54, 1.807) is 19.1 Å². The van der Waals surface area contributed by atoms with Gasteiger partial charge in [0.1, 0.15) is 18.2 Å². The van der Waals surface area contributed by atoms with E-state index in [1.165, 1.54) is 6.07 Å². The molecule has 1 aromatic heterocycles. The maximum atomic E-state index is 14.8. The van der Waals surface area contributed by atoms with Gasteiger partial charge in [0.25, 0.3) is 0 Å². The first-order valence-corrected chi connectivity index (χ1v) is 11.6. The zero-order chi connectivity index (χ0) is 24.2. The fourth-order valence-electron chi connectivity index (χ4n) is 4.31. The molecule has 0 saturated carbocycles. The van der Waals surface area contributed by atoms with Crippen LogP contribution in [0.15, 0.2) is 82.8 Å². The van der Waals surface area contributed by atoms with Crippen LogP contribution in [-0.2, 0) is 16.0 Å². The van der Waals surface area contributed by atoms with Crippen LogP contribution in [0.25, 0.3) is 16.6 Å². The number of hydrogen-bond donors (Lipinski definition) is 2. The molecule has 35 heavy (non-hydrogen) atoms. The Bertz CT molecular complexity index is 1550. The fraction of sp³-hybridized carbons (Fsp3) is 0.179. The third-order valence-corrected chi connectivity index (χ3v) is 5.90. The number of rotatable bonds is 7. The van der Waals surface area contributed by atoms with Crippen molar-refractivity contribution in [1.82, 2.24) is 4.98 Å². The number of fused-ring (bicyclic) bond motifs is 2. The van der Waals surface area contributed by atoms with E-state index < -0.39 is 0 Å². The summed E-state index contributed by atoms with van der Waals surface area (Å²) in [6.45, 7) is 2.53. The average molecular weight is 469 g/mol. The minimum Gasteiger partial charge on any atom is -0.465 e. The van der Waals surface area contributed by atoms with E-state index in [1.807, 2.05) is 54.6 Å². The molecule has 0 aliphatic carbocycles. The Balaban J connectivity index is 1.58. The van der Waals surface area contributed by atoms with Crippen molar-refractivity contribution < 1.29 is 13.9 Å². The monoisotopic (exact) mass is 468 g/mol. The number of carbonyl (C=O) groups excluding carboxylic acids is 1. The molecule has 0 bridgehead atoms. The zero-order valence-electron chi connectivity index (χ0n) is 19.3. The topological polar surface area (TPSA) is 78.8 Å². The number of nitrogens with zero attached hydrogens (tertiary/aromatic N) is 2. The van der Waals surface area contributed by atoms with Crippen LogP contribution in [0.4, 0.5) is 10.2 Å². The summed E-state index contributed by atoms with van der Waals surface area (Å²) in [4.78, 5) is 25.1. The number of benzene rings is 3. The minimum atomic E-state index is -0.329. The summed E-state index contributed by atoms with van der Waals surface area (Å²) in [6, 6.07) is 22.3. The molecule has 1 aliphatic rings. The van der Waals surface area contributed by atoms with Crippen LogP contribution < -0.4 is 15.9 Å². The van der Waals surface area contributed by atoms with Crippen LogP contribution in [0.5, 0.6) is 0 Å². The molecule has 0 radical (unpaired) electrons. The first-order chi connectivity index (χ1) is 17.1. The molecule has 0 unspecified atom stereocenters. The van der Waals surface area contributed by atoms with Crippen LogP contribution in [0.2, 0.25) is 0 Å². The van der Waals surface area contributed by atoms with Gasteiger partial charge in [0.15, 0.2) is 0 Å². The summed E-state index contributed by atoms with van der Waals surface area (Å²) in [6.07, 6.45) is 0.477. The maximum Gasteiger partial charge on any atom is 0.325 e. The number of nitrogens with one attached hydrogen (secondary N) is 2.